The van der Waals surface area contributed by atoms with Crippen molar-refractivity contribution in [3.8, 4) is 0 Å². The van der Waals surface area contributed by atoms with Gasteiger partial charge in [0.15, 0.2) is 0 Å². The first-order valence-electron chi connectivity index (χ1n) is 13.1. The lowest BCUT2D eigenvalue weighted by molar-refractivity contribution is -0.142. The first-order valence-corrected chi connectivity index (χ1v) is 13.9. The van der Waals surface area contributed by atoms with Crippen LogP contribution < -0.4 is 0 Å². The molecule has 0 radical (unpaired) electrons. The van der Waals surface area contributed by atoms with E-state index in [1.807, 2.05) is 11.8 Å². The summed E-state index contributed by atoms with van der Waals surface area (Å²) in [6, 6.07) is 15.6. The third kappa shape index (κ3) is 12.9. The molecule has 1 fully saturated rings. The second-order valence-corrected chi connectivity index (χ2v) is 10.5. The van der Waals surface area contributed by atoms with Gasteiger partial charge < -0.3 is 30.1 Å². The summed E-state index contributed by atoms with van der Waals surface area (Å²) in [5, 5.41) is 31.2. The standard InChI is InChI=1S/C22H26N2O2S.2C4H4O4/c1-16(25)26-15-17-7-8-22-19(13-17)20(24-11-9-23(2)10-12-24)14-18-5-3-4-6-21(18)27-22;2*5-3(6)1-2-4(7)8/h3-8,13,20H,9-12,14-15H2,1-2H3;2*1-2H,(H,5,6)(H,7,8)/b;2*2-1-. The van der Waals surface area contributed by atoms with Crippen LogP contribution in [0, 0.1) is 0 Å². The molecule has 2 aliphatic rings. The number of ether oxygens (including phenoxy) is 1. The maximum Gasteiger partial charge on any atom is 0.328 e. The summed E-state index contributed by atoms with van der Waals surface area (Å²) in [5.41, 5.74) is 3.85. The van der Waals surface area contributed by atoms with Gasteiger partial charge in [-0.3, -0.25) is 9.69 Å². The molecule has 43 heavy (non-hydrogen) atoms. The second-order valence-electron chi connectivity index (χ2n) is 9.44. The van der Waals surface area contributed by atoms with Crippen LogP contribution in [0.15, 0.2) is 76.6 Å². The molecule has 4 N–H and O–H groups in total. The van der Waals surface area contributed by atoms with Gasteiger partial charge in [-0.2, -0.15) is 0 Å². The third-order valence-corrected chi connectivity index (χ3v) is 7.41. The van der Waals surface area contributed by atoms with E-state index in [2.05, 4.69) is 59.3 Å². The number of hydrogen-bond donors (Lipinski definition) is 4. The number of carboxylic acid groups (broad SMARTS) is 4. The normalized spacial score (nSPS) is 16.4. The zero-order chi connectivity index (χ0) is 31.9. The quantitative estimate of drug-likeness (QED) is 0.264. The van der Waals surface area contributed by atoms with E-state index in [4.69, 9.17) is 25.2 Å². The molecule has 0 saturated carbocycles. The van der Waals surface area contributed by atoms with Gasteiger partial charge in [0.25, 0.3) is 0 Å². The molecule has 4 rings (SSSR count). The molecule has 0 spiro atoms. The molecular weight excluding hydrogens is 580 g/mol. The molecule has 0 amide bonds. The molecule has 0 aromatic heterocycles. The van der Waals surface area contributed by atoms with Gasteiger partial charge in [-0.1, -0.05) is 36.0 Å². The van der Waals surface area contributed by atoms with Crippen LogP contribution >= 0.6 is 11.8 Å². The number of esters is 1. The van der Waals surface area contributed by atoms with Crippen LogP contribution in [0.25, 0.3) is 0 Å². The average Bonchev–Trinajstić information content (AvgIpc) is 3.11. The van der Waals surface area contributed by atoms with Crippen molar-refractivity contribution < 1.29 is 49.1 Å². The van der Waals surface area contributed by atoms with Crippen LogP contribution in [0.4, 0.5) is 0 Å². The van der Waals surface area contributed by atoms with Gasteiger partial charge in [0, 0.05) is 73.2 Å². The Morgan fingerprint density at radius 1 is 0.814 bits per heavy atom. The molecule has 230 valence electrons. The summed E-state index contributed by atoms with van der Waals surface area (Å²) in [6.45, 7) is 6.18. The van der Waals surface area contributed by atoms with E-state index in [1.165, 1.54) is 27.8 Å². The fraction of sp³-hybridized carbons (Fsp3) is 0.300. The van der Waals surface area contributed by atoms with Gasteiger partial charge in [-0.15, -0.1) is 0 Å². The Hall–Kier alpha value is -4.46. The van der Waals surface area contributed by atoms with Crippen molar-refractivity contribution in [2.75, 3.05) is 33.2 Å². The predicted molar refractivity (Wildman–Crippen MR) is 157 cm³/mol. The van der Waals surface area contributed by atoms with E-state index < -0.39 is 23.9 Å². The fourth-order valence-electron chi connectivity index (χ4n) is 4.18. The van der Waals surface area contributed by atoms with Crippen molar-refractivity contribution >= 4 is 41.6 Å². The zero-order valence-electron chi connectivity index (χ0n) is 23.7. The van der Waals surface area contributed by atoms with Crippen LogP contribution in [-0.2, 0) is 41.7 Å². The van der Waals surface area contributed by atoms with E-state index in [1.54, 1.807) is 0 Å². The number of carbonyl (C=O) groups is 5. The summed E-state index contributed by atoms with van der Waals surface area (Å²) >= 11 is 1.86. The largest absolute Gasteiger partial charge is 0.478 e. The van der Waals surface area contributed by atoms with Gasteiger partial charge >= 0.3 is 29.8 Å². The molecule has 2 aromatic carbocycles. The van der Waals surface area contributed by atoms with Gasteiger partial charge in [0.05, 0.1) is 0 Å². The molecule has 0 aliphatic carbocycles. The molecule has 2 heterocycles. The highest BCUT2D eigenvalue weighted by atomic mass is 32.2. The van der Waals surface area contributed by atoms with Crippen LogP contribution in [0.2, 0.25) is 0 Å². The lowest BCUT2D eigenvalue weighted by atomic mass is 9.95. The Balaban J connectivity index is 0.000000334. The number of rotatable bonds is 7. The van der Waals surface area contributed by atoms with Crippen LogP contribution in [0.5, 0.6) is 0 Å². The molecular formula is C30H34N2O10S. The number of benzene rings is 2. The second kappa shape index (κ2) is 17.5. The van der Waals surface area contributed by atoms with Crippen molar-refractivity contribution in [3.05, 3.63) is 83.5 Å². The third-order valence-electron chi connectivity index (χ3n) is 6.20. The molecule has 1 unspecified atom stereocenters. The van der Waals surface area contributed by atoms with Crippen molar-refractivity contribution in [1.29, 1.82) is 0 Å². The summed E-state index contributed by atoms with van der Waals surface area (Å²) < 4.78 is 5.24. The molecule has 12 nitrogen and oxygen atoms in total. The molecule has 0 bridgehead atoms. The van der Waals surface area contributed by atoms with Gasteiger partial charge in [-0.25, -0.2) is 19.2 Å². The van der Waals surface area contributed by atoms with Gasteiger partial charge in [-0.05, 0) is 48.4 Å². The highest BCUT2D eigenvalue weighted by Crippen LogP contribution is 2.43. The summed E-state index contributed by atoms with van der Waals surface area (Å²) in [4.78, 5) is 57.1. The van der Waals surface area contributed by atoms with Crippen LogP contribution in [-0.4, -0.2) is 93.3 Å². The Labute approximate surface area is 252 Å². The van der Waals surface area contributed by atoms with E-state index in [9.17, 15) is 24.0 Å². The lowest BCUT2D eigenvalue weighted by Crippen LogP contribution is -2.46. The van der Waals surface area contributed by atoms with E-state index in [0.717, 1.165) is 38.2 Å². The summed E-state index contributed by atoms with van der Waals surface area (Å²) in [5.74, 6) is -5.26. The monoisotopic (exact) mass is 614 g/mol. The number of piperazine rings is 1. The number of hydrogen-bond acceptors (Lipinski definition) is 9. The van der Waals surface area contributed by atoms with Crippen molar-refractivity contribution in [2.45, 2.75) is 35.8 Å². The number of aliphatic carboxylic acids is 4. The van der Waals surface area contributed by atoms with Gasteiger partial charge in [0.1, 0.15) is 6.61 Å². The highest BCUT2D eigenvalue weighted by Gasteiger charge is 2.29. The minimum atomic E-state index is -1.26. The number of fused-ring (bicyclic) bond motifs is 2. The SMILES string of the molecule is CC(=O)OCc1ccc2c(c1)C(N1CCN(C)CC1)Cc1ccccc1S2.O=C(O)/C=C\C(=O)O.O=C(O)/C=C\C(=O)O. The Morgan fingerprint density at radius 2 is 1.35 bits per heavy atom. The maximum atomic E-state index is 11.2. The number of nitrogens with zero attached hydrogens (tertiary/aromatic N) is 2. The van der Waals surface area contributed by atoms with Crippen molar-refractivity contribution in [2.24, 2.45) is 0 Å². The smallest absolute Gasteiger partial charge is 0.328 e. The summed E-state index contributed by atoms with van der Waals surface area (Å²) in [7, 11) is 2.20. The highest BCUT2D eigenvalue weighted by molar-refractivity contribution is 7.99. The van der Waals surface area contributed by atoms with E-state index in [-0.39, 0.29) is 5.97 Å². The van der Waals surface area contributed by atoms with Crippen LogP contribution in [0.1, 0.15) is 29.7 Å². The first kappa shape index (κ1) is 34.7. The van der Waals surface area contributed by atoms with Crippen LogP contribution in [0.3, 0.4) is 0 Å². The predicted octanol–water partition coefficient (Wildman–Crippen LogP) is 3.17. The average molecular weight is 615 g/mol. The maximum absolute atomic E-state index is 11.2. The zero-order valence-corrected chi connectivity index (χ0v) is 24.5. The lowest BCUT2D eigenvalue weighted by Gasteiger charge is -2.38. The molecule has 1 atom stereocenters. The molecule has 2 aliphatic heterocycles. The first-order chi connectivity index (χ1) is 20.3. The molecule has 13 heteroatoms. The van der Waals surface area contributed by atoms with Gasteiger partial charge in [0.2, 0.25) is 0 Å². The molecule has 2 aromatic rings. The number of carboxylic acids is 4. The Morgan fingerprint density at radius 3 is 1.86 bits per heavy atom. The summed E-state index contributed by atoms with van der Waals surface area (Å²) in [6.07, 6.45) is 3.26. The topological polar surface area (TPSA) is 182 Å². The minimum Gasteiger partial charge on any atom is -0.478 e. The van der Waals surface area contributed by atoms with E-state index in [0.29, 0.717) is 37.0 Å². The van der Waals surface area contributed by atoms with Crippen molar-refractivity contribution in [3.63, 3.8) is 0 Å². The molecule has 1 saturated heterocycles. The Bertz CT molecular complexity index is 1300. The van der Waals surface area contributed by atoms with Crippen molar-refractivity contribution in [1.82, 2.24) is 9.80 Å². The number of carbonyl (C=O) groups excluding carboxylic acids is 1. The fourth-order valence-corrected chi connectivity index (χ4v) is 5.29. The Kier molecular flexibility index (Phi) is 14.1. The minimum absolute atomic E-state index is 0.234. The number of likely N-dealkylation sites (N-methyl/N-ethyl adjacent to an activating group) is 1. The van der Waals surface area contributed by atoms with E-state index >= 15 is 0 Å².